The van der Waals surface area contributed by atoms with Crippen LogP contribution in [-0.2, 0) is 19.5 Å². The number of hydrogen-bond donors (Lipinski definition) is 2. The Balaban J connectivity index is 1.39. The van der Waals surface area contributed by atoms with Gasteiger partial charge in [-0.2, -0.15) is 0 Å². The molecule has 0 saturated carbocycles. The number of H-pyrrole nitrogens is 2. The summed E-state index contributed by atoms with van der Waals surface area (Å²) in [7, 11) is 0. The molecule has 0 bridgehead atoms. The van der Waals surface area contributed by atoms with Crippen LogP contribution in [0.5, 0.6) is 0 Å². The van der Waals surface area contributed by atoms with Gasteiger partial charge < -0.3 is 9.97 Å². The van der Waals surface area contributed by atoms with E-state index in [9.17, 15) is 4.79 Å². The average molecular weight is 425 g/mol. The minimum atomic E-state index is -0.0288. The smallest absolute Gasteiger partial charge is 0.326 e. The molecule has 5 nitrogen and oxygen atoms in total. The molecule has 5 rings (SSSR count). The second kappa shape index (κ2) is 6.39. The number of imidazole rings is 1. The van der Waals surface area contributed by atoms with E-state index in [0.717, 1.165) is 41.6 Å². The van der Waals surface area contributed by atoms with Crippen LogP contribution in [0.2, 0.25) is 0 Å². The van der Waals surface area contributed by atoms with Gasteiger partial charge in [-0.1, -0.05) is 24.3 Å². The van der Waals surface area contributed by atoms with Crippen LogP contribution in [0, 0.1) is 6.92 Å². The third kappa shape index (κ3) is 2.75. The standard InChI is InChI=1S/C21H21BrN4O/c1-13-6-7-15-14-8-9-25(12-17(14)23-20(15)19(13)22)10-11-26-18-5-3-2-4-16(18)24-21(26)27/h2-7,23H,8-12H2,1H3,(H,24,27). The third-order valence-electron chi connectivity index (χ3n) is 5.68. The van der Waals surface area contributed by atoms with E-state index in [1.807, 2.05) is 28.8 Å². The predicted molar refractivity (Wildman–Crippen MR) is 112 cm³/mol. The van der Waals surface area contributed by atoms with E-state index in [4.69, 9.17) is 0 Å². The summed E-state index contributed by atoms with van der Waals surface area (Å²) in [4.78, 5) is 21.3. The number of aromatic nitrogens is 3. The highest BCUT2D eigenvalue weighted by Crippen LogP contribution is 2.33. The number of nitrogens with zero attached hydrogens (tertiary/aromatic N) is 2. The van der Waals surface area contributed by atoms with Gasteiger partial charge in [-0.15, -0.1) is 0 Å². The van der Waals surface area contributed by atoms with Crippen molar-refractivity contribution in [1.29, 1.82) is 0 Å². The van der Waals surface area contributed by atoms with Gasteiger partial charge in [0.05, 0.1) is 16.6 Å². The quantitative estimate of drug-likeness (QED) is 0.523. The Morgan fingerprint density at radius 3 is 2.85 bits per heavy atom. The minimum absolute atomic E-state index is 0.0288. The molecular formula is C21H21BrN4O. The zero-order valence-corrected chi connectivity index (χ0v) is 16.8. The van der Waals surface area contributed by atoms with Gasteiger partial charge in [0.25, 0.3) is 0 Å². The van der Waals surface area contributed by atoms with Crippen LogP contribution >= 0.6 is 15.9 Å². The molecule has 2 N–H and O–H groups in total. The summed E-state index contributed by atoms with van der Waals surface area (Å²) in [5.74, 6) is 0. The molecule has 0 fully saturated rings. The molecule has 1 aliphatic heterocycles. The highest BCUT2D eigenvalue weighted by atomic mass is 79.9. The number of nitrogens with one attached hydrogen (secondary N) is 2. The summed E-state index contributed by atoms with van der Waals surface area (Å²) in [6.07, 6.45) is 1.04. The maximum Gasteiger partial charge on any atom is 0.326 e. The van der Waals surface area contributed by atoms with Gasteiger partial charge in [0.2, 0.25) is 0 Å². The second-order valence-electron chi connectivity index (χ2n) is 7.33. The van der Waals surface area contributed by atoms with Crippen molar-refractivity contribution in [2.75, 3.05) is 13.1 Å². The molecule has 3 heterocycles. The number of aromatic amines is 2. The fourth-order valence-corrected chi connectivity index (χ4v) is 4.64. The van der Waals surface area contributed by atoms with Gasteiger partial charge in [0, 0.05) is 41.7 Å². The number of aryl methyl sites for hydroxylation is 1. The lowest BCUT2D eigenvalue weighted by Gasteiger charge is -2.27. The maximum atomic E-state index is 12.3. The van der Waals surface area contributed by atoms with E-state index < -0.39 is 0 Å². The first-order chi connectivity index (χ1) is 13.1. The molecule has 1 aliphatic rings. The Morgan fingerprint density at radius 1 is 1.11 bits per heavy atom. The first-order valence-electron chi connectivity index (χ1n) is 9.30. The molecular weight excluding hydrogens is 404 g/mol. The van der Waals surface area contributed by atoms with E-state index >= 15 is 0 Å². The molecule has 0 amide bonds. The van der Waals surface area contributed by atoms with Gasteiger partial charge in [0.1, 0.15) is 0 Å². The van der Waals surface area contributed by atoms with Crippen LogP contribution in [0.25, 0.3) is 21.9 Å². The van der Waals surface area contributed by atoms with Crippen molar-refractivity contribution in [3.63, 3.8) is 0 Å². The van der Waals surface area contributed by atoms with Gasteiger partial charge in [-0.05, 0) is 52.5 Å². The molecule has 138 valence electrons. The molecule has 0 unspecified atom stereocenters. The van der Waals surface area contributed by atoms with E-state index in [2.05, 4.69) is 49.9 Å². The first kappa shape index (κ1) is 16.8. The summed E-state index contributed by atoms with van der Waals surface area (Å²) >= 11 is 3.72. The summed E-state index contributed by atoms with van der Waals surface area (Å²) in [5, 5.41) is 1.33. The SMILES string of the molecule is Cc1ccc2c3c([nH]c2c1Br)CN(CCn1c(=O)[nH]c2ccccc21)CC3. The molecule has 2 aromatic carbocycles. The molecule has 27 heavy (non-hydrogen) atoms. The van der Waals surface area contributed by atoms with Crippen molar-refractivity contribution in [2.45, 2.75) is 26.4 Å². The van der Waals surface area contributed by atoms with Crippen molar-refractivity contribution in [3.8, 4) is 0 Å². The summed E-state index contributed by atoms with van der Waals surface area (Å²) in [6.45, 7) is 5.59. The van der Waals surface area contributed by atoms with Crippen molar-refractivity contribution >= 4 is 37.9 Å². The molecule has 0 radical (unpaired) electrons. The Hall–Kier alpha value is -2.31. The van der Waals surface area contributed by atoms with Crippen LogP contribution < -0.4 is 5.69 Å². The topological polar surface area (TPSA) is 56.8 Å². The molecule has 4 aromatic rings. The van der Waals surface area contributed by atoms with Gasteiger partial charge >= 0.3 is 5.69 Å². The van der Waals surface area contributed by atoms with Crippen molar-refractivity contribution < 1.29 is 0 Å². The van der Waals surface area contributed by atoms with Gasteiger partial charge in [0.15, 0.2) is 0 Å². The Labute approximate surface area is 165 Å². The number of hydrogen-bond acceptors (Lipinski definition) is 2. The van der Waals surface area contributed by atoms with Crippen LogP contribution in [-0.4, -0.2) is 32.5 Å². The molecule has 2 aromatic heterocycles. The summed E-state index contributed by atoms with van der Waals surface area (Å²) in [5.41, 5.74) is 7.04. The van der Waals surface area contributed by atoms with Crippen LogP contribution in [0.3, 0.4) is 0 Å². The van der Waals surface area contributed by atoms with E-state index in [1.54, 1.807) is 0 Å². The number of benzene rings is 2. The number of fused-ring (bicyclic) bond motifs is 4. The van der Waals surface area contributed by atoms with Crippen molar-refractivity contribution in [1.82, 2.24) is 19.4 Å². The van der Waals surface area contributed by atoms with E-state index in [1.165, 1.54) is 27.7 Å². The van der Waals surface area contributed by atoms with Gasteiger partial charge in [-0.25, -0.2) is 4.79 Å². The van der Waals surface area contributed by atoms with Crippen LogP contribution in [0.1, 0.15) is 16.8 Å². The highest BCUT2D eigenvalue weighted by molar-refractivity contribution is 9.10. The number of para-hydroxylation sites is 2. The zero-order valence-electron chi connectivity index (χ0n) is 15.2. The number of halogens is 1. The molecule has 6 heteroatoms. The fraction of sp³-hybridized carbons (Fsp3) is 0.286. The lowest BCUT2D eigenvalue weighted by molar-refractivity contribution is 0.242. The Morgan fingerprint density at radius 2 is 1.96 bits per heavy atom. The lowest BCUT2D eigenvalue weighted by Crippen LogP contribution is -2.34. The summed E-state index contributed by atoms with van der Waals surface area (Å²) < 4.78 is 3.00. The predicted octanol–water partition coefficient (Wildman–Crippen LogP) is 3.94. The zero-order chi connectivity index (χ0) is 18.5. The van der Waals surface area contributed by atoms with Crippen molar-refractivity contribution in [3.05, 3.63) is 68.2 Å². The maximum absolute atomic E-state index is 12.3. The molecule has 0 aliphatic carbocycles. The van der Waals surface area contributed by atoms with Crippen LogP contribution in [0.15, 0.2) is 45.7 Å². The normalized spacial score (nSPS) is 14.9. The van der Waals surface area contributed by atoms with E-state index in [0.29, 0.717) is 6.54 Å². The minimum Gasteiger partial charge on any atom is -0.356 e. The molecule has 0 spiro atoms. The Bertz CT molecular complexity index is 1220. The fourth-order valence-electron chi connectivity index (χ4n) is 4.20. The van der Waals surface area contributed by atoms with E-state index in [-0.39, 0.29) is 5.69 Å². The van der Waals surface area contributed by atoms with Crippen LogP contribution in [0.4, 0.5) is 0 Å². The molecule has 0 atom stereocenters. The Kier molecular flexibility index (Phi) is 3.98. The van der Waals surface area contributed by atoms with Crippen molar-refractivity contribution in [2.24, 2.45) is 0 Å². The largest absolute Gasteiger partial charge is 0.356 e. The monoisotopic (exact) mass is 424 g/mol. The highest BCUT2D eigenvalue weighted by Gasteiger charge is 2.22. The third-order valence-corrected chi connectivity index (χ3v) is 6.70. The summed E-state index contributed by atoms with van der Waals surface area (Å²) in [6, 6.07) is 12.3. The first-order valence-corrected chi connectivity index (χ1v) is 10.1. The van der Waals surface area contributed by atoms with Gasteiger partial charge in [-0.3, -0.25) is 9.47 Å². The number of rotatable bonds is 3. The molecule has 0 saturated heterocycles. The second-order valence-corrected chi connectivity index (χ2v) is 8.12. The average Bonchev–Trinajstić information content (AvgIpc) is 3.20. The lowest BCUT2D eigenvalue weighted by atomic mass is 10.0.